The highest BCUT2D eigenvalue weighted by Gasteiger charge is 2.08. The van der Waals surface area contributed by atoms with Gasteiger partial charge in [-0.15, -0.1) is 11.3 Å². The SMILES string of the molecule is CCCOc1nc(Cl)nc(Cc2nccs2)n1. The van der Waals surface area contributed by atoms with E-state index >= 15 is 0 Å². The molecule has 0 aromatic carbocycles. The summed E-state index contributed by atoms with van der Waals surface area (Å²) in [5.41, 5.74) is 0. The van der Waals surface area contributed by atoms with E-state index in [1.54, 1.807) is 17.5 Å². The van der Waals surface area contributed by atoms with E-state index in [0.29, 0.717) is 18.9 Å². The van der Waals surface area contributed by atoms with E-state index in [-0.39, 0.29) is 11.3 Å². The summed E-state index contributed by atoms with van der Waals surface area (Å²) < 4.78 is 5.33. The zero-order valence-corrected chi connectivity index (χ0v) is 10.8. The Kier molecular flexibility index (Phi) is 4.22. The summed E-state index contributed by atoms with van der Waals surface area (Å²) in [7, 11) is 0. The normalized spacial score (nSPS) is 10.5. The maximum atomic E-state index is 5.81. The van der Waals surface area contributed by atoms with Crippen LogP contribution in [0.1, 0.15) is 24.2 Å². The van der Waals surface area contributed by atoms with E-state index in [4.69, 9.17) is 16.3 Å². The lowest BCUT2D eigenvalue weighted by atomic mass is 10.4. The van der Waals surface area contributed by atoms with Crippen LogP contribution in [0.4, 0.5) is 0 Å². The summed E-state index contributed by atoms with van der Waals surface area (Å²) >= 11 is 7.36. The van der Waals surface area contributed by atoms with Gasteiger partial charge in [-0.1, -0.05) is 6.92 Å². The van der Waals surface area contributed by atoms with E-state index in [1.165, 1.54) is 0 Å². The molecule has 2 aromatic heterocycles. The molecule has 0 spiro atoms. The molecule has 0 atom stereocenters. The van der Waals surface area contributed by atoms with Gasteiger partial charge in [0.1, 0.15) is 10.8 Å². The van der Waals surface area contributed by atoms with Gasteiger partial charge in [0.15, 0.2) is 0 Å². The van der Waals surface area contributed by atoms with Crippen molar-refractivity contribution in [1.29, 1.82) is 0 Å². The topological polar surface area (TPSA) is 60.8 Å². The summed E-state index contributed by atoms with van der Waals surface area (Å²) in [5.74, 6) is 0.575. The largest absolute Gasteiger partial charge is 0.463 e. The average Bonchev–Trinajstić information content (AvgIpc) is 2.78. The number of halogens is 1. The first kappa shape index (κ1) is 12.2. The van der Waals surface area contributed by atoms with Crippen LogP contribution in [-0.4, -0.2) is 26.5 Å². The van der Waals surface area contributed by atoms with Gasteiger partial charge in [-0.05, 0) is 18.0 Å². The smallest absolute Gasteiger partial charge is 0.320 e. The lowest BCUT2D eigenvalue weighted by Gasteiger charge is -2.04. The van der Waals surface area contributed by atoms with E-state index < -0.39 is 0 Å². The molecule has 0 amide bonds. The minimum Gasteiger partial charge on any atom is -0.463 e. The third-order valence-corrected chi connectivity index (χ3v) is 2.81. The minimum absolute atomic E-state index is 0.151. The fourth-order valence-electron chi connectivity index (χ4n) is 1.18. The molecule has 0 fully saturated rings. The Hall–Kier alpha value is -1.27. The Balaban J connectivity index is 2.13. The van der Waals surface area contributed by atoms with Crippen molar-refractivity contribution in [2.45, 2.75) is 19.8 Å². The maximum absolute atomic E-state index is 5.81. The predicted octanol–water partition coefficient (Wildman–Crippen LogP) is 2.36. The van der Waals surface area contributed by atoms with Crippen LogP contribution in [0.3, 0.4) is 0 Å². The maximum Gasteiger partial charge on any atom is 0.320 e. The lowest BCUT2D eigenvalue weighted by molar-refractivity contribution is 0.290. The van der Waals surface area contributed by atoms with Crippen LogP contribution in [0.5, 0.6) is 6.01 Å². The van der Waals surface area contributed by atoms with Crippen LogP contribution in [0.25, 0.3) is 0 Å². The second kappa shape index (κ2) is 5.88. The first-order valence-electron chi connectivity index (χ1n) is 5.19. The van der Waals surface area contributed by atoms with Crippen LogP contribution in [0, 0.1) is 0 Å². The third kappa shape index (κ3) is 3.61. The van der Waals surface area contributed by atoms with Crippen molar-refractivity contribution in [3.8, 4) is 6.01 Å². The predicted molar refractivity (Wildman–Crippen MR) is 65.5 cm³/mol. The molecule has 2 aromatic rings. The molecule has 0 N–H and O–H groups in total. The Labute approximate surface area is 108 Å². The molecule has 2 heterocycles. The van der Waals surface area contributed by atoms with Gasteiger partial charge in [-0.25, -0.2) is 9.97 Å². The summed E-state index contributed by atoms with van der Waals surface area (Å²) in [6.07, 6.45) is 3.19. The van der Waals surface area contributed by atoms with Crippen molar-refractivity contribution in [2.75, 3.05) is 6.61 Å². The third-order valence-electron chi connectivity index (χ3n) is 1.86. The summed E-state index contributed by atoms with van der Waals surface area (Å²) in [6.45, 7) is 2.58. The van der Waals surface area contributed by atoms with Gasteiger partial charge in [-0.3, -0.25) is 0 Å². The molecule has 0 unspecified atom stereocenters. The molecular formula is C10H11ClN4OS. The number of thiazole rings is 1. The zero-order chi connectivity index (χ0) is 12.1. The highest BCUT2D eigenvalue weighted by Crippen LogP contribution is 2.13. The molecule has 0 aliphatic rings. The van der Waals surface area contributed by atoms with E-state index in [1.807, 2.05) is 12.3 Å². The van der Waals surface area contributed by atoms with Gasteiger partial charge in [-0.2, -0.15) is 9.97 Å². The van der Waals surface area contributed by atoms with Gasteiger partial charge in [0.05, 0.1) is 13.0 Å². The van der Waals surface area contributed by atoms with Crippen molar-refractivity contribution in [3.05, 3.63) is 27.7 Å². The summed E-state index contributed by atoms with van der Waals surface area (Å²) in [4.78, 5) is 16.3. The Morgan fingerprint density at radius 3 is 2.94 bits per heavy atom. The van der Waals surface area contributed by atoms with Crippen LogP contribution >= 0.6 is 22.9 Å². The Morgan fingerprint density at radius 1 is 1.35 bits per heavy atom. The van der Waals surface area contributed by atoms with Crippen molar-refractivity contribution < 1.29 is 4.74 Å². The second-order valence-corrected chi connectivity index (χ2v) is 4.57. The highest BCUT2D eigenvalue weighted by molar-refractivity contribution is 7.09. The van der Waals surface area contributed by atoms with Crippen molar-refractivity contribution in [2.24, 2.45) is 0 Å². The molecular weight excluding hydrogens is 260 g/mol. The molecule has 0 saturated carbocycles. The van der Waals surface area contributed by atoms with Gasteiger partial charge in [0.2, 0.25) is 5.28 Å². The molecule has 0 saturated heterocycles. The minimum atomic E-state index is 0.151. The number of nitrogens with zero attached hydrogens (tertiary/aromatic N) is 4. The average molecular weight is 271 g/mol. The number of hydrogen-bond acceptors (Lipinski definition) is 6. The van der Waals surface area contributed by atoms with Gasteiger partial charge in [0, 0.05) is 11.6 Å². The molecule has 5 nitrogen and oxygen atoms in total. The molecule has 0 radical (unpaired) electrons. The fraction of sp³-hybridized carbons (Fsp3) is 0.400. The van der Waals surface area contributed by atoms with Crippen molar-refractivity contribution >= 4 is 22.9 Å². The van der Waals surface area contributed by atoms with Gasteiger partial charge in [0.25, 0.3) is 0 Å². The fourth-order valence-corrected chi connectivity index (χ4v) is 1.97. The highest BCUT2D eigenvalue weighted by atomic mass is 35.5. The van der Waals surface area contributed by atoms with Crippen LogP contribution < -0.4 is 4.74 Å². The van der Waals surface area contributed by atoms with Crippen LogP contribution in [0.15, 0.2) is 11.6 Å². The quantitative estimate of drug-likeness (QED) is 0.835. The van der Waals surface area contributed by atoms with E-state index in [0.717, 1.165) is 11.4 Å². The summed E-state index contributed by atoms with van der Waals surface area (Å²) in [5, 5.41) is 3.00. The first-order valence-corrected chi connectivity index (χ1v) is 6.45. The molecule has 17 heavy (non-hydrogen) atoms. The molecule has 0 aliphatic carbocycles. The molecule has 90 valence electrons. The van der Waals surface area contributed by atoms with Crippen LogP contribution in [0.2, 0.25) is 5.28 Å². The number of aromatic nitrogens is 4. The Morgan fingerprint density at radius 2 is 2.24 bits per heavy atom. The monoisotopic (exact) mass is 270 g/mol. The summed E-state index contributed by atoms with van der Waals surface area (Å²) in [6, 6.07) is 0.276. The molecule has 7 heteroatoms. The van der Waals surface area contributed by atoms with Gasteiger partial charge < -0.3 is 4.74 Å². The second-order valence-electron chi connectivity index (χ2n) is 3.25. The lowest BCUT2D eigenvalue weighted by Crippen LogP contribution is -2.05. The molecule has 0 bridgehead atoms. The van der Waals surface area contributed by atoms with Crippen molar-refractivity contribution in [1.82, 2.24) is 19.9 Å². The number of hydrogen-bond donors (Lipinski definition) is 0. The van der Waals surface area contributed by atoms with Gasteiger partial charge >= 0.3 is 6.01 Å². The van der Waals surface area contributed by atoms with E-state index in [2.05, 4.69) is 19.9 Å². The first-order chi connectivity index (χ1) is 8.28. The molecule has 0 aliphatic heterocycles. The zero-order valence-electron chi connectivity index (χ0n) is 9.26. The van der Waals surface area contributed by atoms with Crippen LogP contribution in [-0.2, 0) is 6.42 Å². The Bertz CT molecular complexity index is 477. The number of ether oxygens (including phenoxy) is 1. The van der Waals surface area contributed by atoms with E-state index in [9.17, 15) is 0 Å². The number of rotatable bonds is 5. The van der Waals surface area contributed by atoms with Crippen molar-refractivity contribution in [3.63, 3.8) is 0 Å². The standard InChI is InChI=1S/C10H11ClN4OS/c1-2-4-16-10-14-7(13-9(11)15-10)6-8-12-3-5-17-8/h3,5H,2,4,6H2,1H3. The molecule has 2 rings (SSSR count).